The predicted octanol–water partition coefficient (Wildman–Crippen LogP) is 1.68. The van der Waals surface area contributed by atoms with Crippen LogP contribution >= 0.6 is 0 Å². The molecule has 1 unspecified atom stereocenters. The third-order valence-corrected chi connectivity index (χ3v) is 3.80. The van der Waals surface area contributed by atoms with E-state index in [1.54, 1.807) is 0 Å². The summed E-state index contributed by atoms with van der Waals surface area (Å²) in [5.74, 6) is 0. The molecule has 2 fully saturated rings. The molecule has 2 saturated carbocycles. The van der Waals surface area contributed by atoms with Crippen molar-refractivity contribution in [2.45, 2.75) is 44.1 Å². The first-order valence-corrected chi connectivity index (χ1v) is 5.00. The average Bonchev–Trinajstić information content (AvgIpc) is 2.85. The molecule has 12 heavy (non-hydrogen) atoms. The first-order chi connectivity index (χ1) is 5.74. The fraction of sp³-hybridized carbons (Fsp3) is 1.00. The molecule has 2 N–H and O–H groups in total. The normalized spacial score (nSPS) is 38.5. The molecule has 2 heteroatoms. The van der Waals surface area contributed by atoms with Crippen LogP contribution in [-0.4, -0.2) is 19.3 Å². The predicted molar refractivity (Wildman–Crippen MR) is 48.9 cm³/mol. The van der Waals surface area contributed by atoms with Gasteiger partial charge in [-0.2, -0.15) is 0 Å². The van der Waals surface area contributed by atoms with Gasteiger partial charge in [-0.3, -0.25) is 0 Å². The van der Waals surface area contributed by atoms with Gasteiger partial charge in [-0.1, -0.05) is 0 Å². The molecular formula is C10H19NO. The lowest BCUT2D eigenvalue weighted by Gasteiger charge is -2.39. The molecule has 0 aliphatic heterocycles. The van der Waals surface area contributed by atoms with Gasteiger partial charge in [-0.05, 0) is 43.9 Å². The van der Waals surface area contributed by atoms with Crippen molar-refractivity contribution in [3.63, 3.8) is 0 Å². The Morgan fingerprint density at radius 3 is 2.50 bits per heavy atom. The number of ether oxygens (including phenoxy) is 1. The van der Waals surface area contributed by atoms with Crippen molar-refractivity contribution in [3.8, 4) is 0 Å². The number of rotatable bonds is 2. The standard InChI is InChI=1S/C10H19NO/c1-12-10(8-11)4-2-3-9(7-10)5-6-9/h2-8,11H2,1H3. The summed E-state index contributed by atoms with van der Waals surface area (Å²) in [7, 11) is 1.81. The Bertz CT molecular complexity index is 171. The smallest absolute Gasteiger partial charge is 0.0805 e. The van der Waals surface area contributed by atoms with E-state index in [9.17, 15) is 0 Å². The number of nitrogens with two attached hydrogens (primary N) is 1. The Balaban J connectivity index is 2.05. The Hall–Kier alpha value is -0.0800. The molecule has 2 rings (SSSR count). The molecular weight excluding hydrogens is 150 g/mol. The van der Waals surface area contributed by atoms with E-state index >= 15 is 0 Å². The summed E-state index contributed by atoms with van der Waals surface area (Å²) >= 11 is 0. The molecule has 0 saturated heterocycles. The van der Waals surface area contributed by atoms with E-state index in [2.05, 4.69) is 0 Å². The fourth-order valence-electron chi connectivity index (χ4n) is 2.68. The molecule has 0 aromatic rings. The van der Waals surface area contributed by atoms with Crippen LogP contribution in [0.2, 0.25) is 0 Å². The Labute approximate surface area is 74.5 Å². The summed E-state index contributed by atoms with van der Waals surface area (Å²) in [4.78, 5) is 0. The van der Waals surface area contributed by atoms with E-state index in [1.165, 1.54) is 38.5 Å². The minimum atomic E-state index is 0.0365. The SMILES string of the molecule is COC1(CN)CCCC2(CC2)C1. The summed E-state index contributed by atoms with van der Waals surface area (Å²) in [6.07, 6.45) is 7.94. The largest absolute Gasteiger partial charge is 0.377 e. The van der Waals surface area contributed by atoms with Gasteiger partial charge in [-0.15, -0.1) is 0 Å². The monoisotopic (exact) mass is 169 g/mol. The van der Waals surface area contributed by atoms with Crippen molar-refractivity contribution in [2.75, 3.05) is 13.7 Å². The second-order valence-electron chi connectivity index (χ2n) is 4.62. The van der Waals surface area contributed by atoms with Gasteiger partial charge in [0.1, 0.15) is 0 Å². The van der Waals surface area contributed by atoms with Crippen molar-refractivity contribution in [3.05, 3.63) is 0 Å². The van der Waals surface area contributed by atoms with Gasteiger partial charge in [0.05, 0.1) is 5.60 Å². The lowest BCUT2D eigenvalue weighted by atomic mass is 9.76. The van der Waals surface area contributed by atoms with Crippen molar-refractivity contribution in [1.82, 2.24) is 0 Å². The maximum absolute atomic E-state index is 5.77. The highest BCUT2D eigenvalue weighted by Crippen LogP contribution is 2.58. The van der Waals surface area contributed by atoms with Gasteiger partial charge >= 0.3 is 0 Å². The summed E-state index contributed by atoms with van der Waals surface area (Å²) in [5, 5.41) is 0. The number of methoxy groups -OCH3 is 1. The van der Waals surface area contributed by atoms with Crippen LogP contribution in [0.1, 0.15) is 38.5 Å². The molecule has 70 valence electrons. The molecule has 2 nitrogen and oxygen atoms in total. The van der Waals surface area contributed by atoms with Crippen LogP contribution < -0.4 is 5.73 Å². The molecule has 0 bridgehead atoms. The van der Waals surface area contributed by atoms with Crippen molar-refractivity contribution in [2.24, 2.45) is 11.1 Å². The quantitative estimate of drug-likeness (QED) is 0.682. The molecule has 0 aromatic carbocycles. The van der Waals surface area contributed by atoms with Crippen LogP contribution in [0.4, 0.5) is 0 Å². The van der Waals surface area contributed by atoms with Crippen LogP contribution in [0, 0.1) is 5.41 Å². The van der Waals surface area contributed by atoms with Gasteiger partial charge in [-0.25, -0.2) is 0 Å². The third-order valence-electron chi connectivity index (χ3n) is 3.80. The maximum atomic E-state index is 5.77. The summed E-state index contributed by atoms with van der Waals surface area (Å²) in [6, 6.07) is 0. The Morgan fingerprint density at radius 1 is 1.25 bits per heavy atom. The van der Waals surface area contributed by atoms with E-state index in [-0.39, 0.29) is 5.60 Å². The van der Waals surface area contributed by atoms with E-state index in [4.69, 9.17) is 10.5 Å². The van der Waals surface area contributed by atoms with Crippen LogP contribution in [0.25, 0.3) is 0 Å². The lowest BCUT2D eigenvalue weighted by Crippen LogP contribution is -2.44. The Kier molecular flexibility index (Phi) is 1.92. The topological polar surface area (TPSA) is 35.2 Å². The molecule has 0 amide bonds. The first kappa shape index (κ1) is 8.52. The van der Waals surface area contributed by atoms with Crippen LogP contribution in [0.5, 0.6) is 0 Å². The van der Waals surface area contributed by atoms with Crippen LogP contribution in [0.3, 0.4) is 0 Å². The summed E-state index contributed by atoms with van der Waals surface area (Å²) in [6.45, 7) is 0.700. The second-order valence-corrected chi connectivity index (χ2v) is 4.62. The zero-order valence-corrected chi connectivity index (χ0v) is 7.94. The molecule has 0 aromatic heterocycles. The second kappa shape index (κ2) is 2.71. The van der Waals surface area contributed by atoms with Crippen LogP contribution in [-0.2, 0) is 4.74 Å². The molecule has 2 aliphatic carbocycles. The first-order valence-electron chi connectivity index (χ1n) is 5.00. The van der Waals surface area contributed by atoms with E-state index in [1.807, 2.05) is 7.11 Å². The van der Waals surface area contributed by atoms with Crippen molar-refractivity contribution < 1.29 is 4.74 Å². The number of hydrogen-bond acceptors (Lipinski definition) is 2. The van der Waals surface area contributed by atoms with Gasteiger partial charge in [0.25, 0.3) is 0 Å². The highest BCUT2D eigenvalue weighted by molar-refractivity contribution is 5.03. The maximum Gasteiger partial charge on any atom is 0.0805 e. The Morgan fingerprint density at radius 2 is 2.00 bits per heavy atom. The molecule has 0 heterocycles. The van der Waals surface area contributed by atoms with Crippen molar-refractivity contribution >= 4 is 0 Å². The summed E-state index contributed by atoms with van der Waals surface area (Å²) < 4.78 is 5.58. The third kappa shape index (κ3) is 1.27. The molecule has 0 radical (unpaired) electrons. The zero-order valence-electron chi connectivity index (χ0n) is 7.94. The highest BCUT2D eigenvalue weighted by atomic mass is 16.5. The lowest BCUT2D eigenvalue weighted by molar-refractivity contribution is -0.0521. The number of hydrogen-bond donors (Lipinski definition) is 1. The van der Waals surface area contributed by atoms with E-state index in [0.29, 0.717) is 12.0 Å². The minimum Gasteiger partial charge on any atom is -0.377 e. The van der Waals surface area contributed by atoms with Gasteiger partial charge in [0.2, 0.25) is 0 Å². The minimum absolute atomic E-state index is 0.0365. The average molecular weight is 169 g/mol. The van der Waals surface area contributed by atoms with Crippen LogP contribution in [0.15, 0.2) is 0 Å². The van der Waals surface area contributed by atoms with Gasteiger partial charge in [0.15, 0.2) is 0 Å². The van der Waals surface area contributed by atoms with E-state index in [0.717, 1.165) is 0 Å². The fourth-order valence-corrected chi connectivity index (χ4v) is 2.68. The zero-order chi connectivity index (χ0) is 8.66. The van der Waals surface area contributed by atoms with E-state index < -0.39 is 0 Å². The van der Waals surface area contributed by atoms with Crippen molar-refractivity contribution in [1.29, 1.82) is 0 Å². The molecule has 1 spiro atoms. The molecule has 2 aliphatic rings. The highest BCUT2D eigenvalue weighted by Gasteiger charge is 2.51. The van der Waals surface area contributed by atoms with Gasteiger partial charge in [0, 0.05) is 13.7 Å². The molecule has 1 atom stereocenters. The van der Waals surface area contributed by atoms with Gasteiger partial charge < -0.3 is 10.5 Å². The summed E-state index contributed by atoms with van der Waals surface area (Å²) in [5.41, 5.74) is 6.47.